The van der Waals surface area contributed by atoms with Gasteiger partial charge in [-0.05, 0) is 73.9 Å². The van der Waals surface area contributed by atoms with Gasteiger partial charge in [-0.25, -0.2) is 13.1 Å². The van der Waals surface area contributed by atoms with Crippen LogP contribution in [0.5, 0.6) is 0 Å². The second-order valence-electron chi connectivity index (χ2n) is 7.54. The first kappa shape index (κ1) is 19.6. The zero-order chi connectivity index (χ0) is 19.9. The van der Waals surface area contributed by atoms with Gasteiger partial charge in [0.2, 0.25) is 15.9 Å². The van der Waals surface area contributed by atoms with Crippen molar-refractivity contribution in [1.29, 1.82) is 0 Å². The van der Waals surface area contributed by atoms with Crippen molar-refractivity contribution in [3.63, 3.8) is 0 Å². The van der Waals surface area contributed by atoms with E-state index in [0.717, 1.165) is 13.0 Å². The molecule has 150 valence electrons. The van der Waals surface area contributed by atoms with Crippen LogP contribution in [0.3, 0.4) is 0 Å². The Balaban J connectivity index is 1.49. The largest absolute Gasteiger partial charge is 0.325 e. The SMILES string of the molecule is CNS(=O)(=O)c1cc(NC(=O)CN2CCc3sccc3[C@@H]2C2CC2)ccc1C. The number of sulfonamides is 1. The molecule has 2 heterocycles. The summed E-state index contributed by atoms with van der Waals surface area (Å²) in [6.07, 6.45) is 3.43. The second-order valence-corrected chi connectivity index (χ2v) is 10.4. The van der Waals surface area contributed by atoms with Gasteiger partial charge in [0.05, 0.1) is 11.4 Å². The van der Waals surface area contributed by atoms with Gasteiger partial charge in [0.15, 0.2) is 0 Å². The van der Waals surface area contributed by atoms with E-state index in [1.54, 1.807) is 19.1 Å². The van der Waals surface area contributed by atoms with Crippen molar-refractivity contribution < 1.29 is 13.2 Å². The molecule has 28 heavy (non-hydrogen) atoms. The Hall–Kier alpha value is -1.74. The third-order valence-electron chi connectivity index (χ3n) is 5.56. The van der Waals surface area contributed by atoms with Gasteiger partial charge in [0.25, 0.3) is 0 Å². The van der Waals surface area contributed by atoms with Gasteiger partial charge >= 0.3 is 0 Å². The summed E-state index contributed by atoms with van der Waals surface area (Å²) in [5.74, 6) is 0.536. The Bertz CT molecular complexity index is 996. The number of hydrogen-bond donors (Lipinski definition) is 2. The predicted octanol–water partition coefficient (Wildman–Crippen LogP) is 2.91. The summed E-state index contributed by atoms with van der Waals surface area (Å²) in [6.45, 7) is 2.94. The molecule has 2 aliphatic rings. The van der Waals surface area contributed by atoms with Crippen LogP contribution >= 0.6 is 11.3 Å². The molecule has 0 spiro atoms. The van der Waals surface area contributed by atoms with Crippen LogP contribution in [-0.4, -0.2) is 39.4 Å². The van der Waals surface area contributed by atoms with Crippen molar-refractivity contribution in [2.75, 3.05) is 25.5 Å². The molecule has 0 saturated heterocycles. The van der Waals surface area contributed by atoms with Crippen LogP contribution in [0.2, 0.25) is 0 Å². The second kappa shape index (κ2) is 7.59. The minimum Gasteiger partial charge on any atom is -0.325 e. The van der Waals surface area contributed by atoms with Crippen LogP contribution in [0.1, 0.15) is 34.9 Å². The molecule has 1 aromatic carbocycles. The fourth-order valence-corrected chi connectivity index (χ4v) is 5.91. The molecule has 1 aliphatic heterocycles. The number of amides is 1. The van der Waals surface area contributed by atoms with E-state index in [4.69, 9.17) is 0 Å². The van der Waals surface area contributed by atoms with Gasteiger partial charge in [-0.1, -0.05) is 6.07 Å². The quantitative estimate of drug-likeness (QED) is 0.755. The molecule has 4 rings (SSSR count). The summed E-state index contributed by atoms with van der Waals surface area (Å²) in [6, 6.07) is 7.52. The van der Waals surface area contributed by atoms with Crippen molar-refractivity contribution >= 4 is 33.0 Å². The summed E-state index contributed by atoms with van der Waals surface area (Å²) < 4.78 is 26.7. The summed E-state index contributed by atoms with van der Waals surface area (Å²) in [5, 5.41) is 5.03. The van der Waals surface area contributed by atoms with Gasteiger partial charge in [-0.3, -0.25) is 9.69 Å². The van der Waals surface area contributed by atoms with E-state index in [0.29, 0.717) is 29.8 Å². The Morgan fingerprint density at radius 3 is 2.79 bits per heavy atom. The monoisotopic (exact) mass is 419 g/mol. The van der Waals surface area contributed by atoms with E-state index in [2.05, 4.69) is 26.4 Å². The standard InChI is InChI=1S/C20H25N3O3S2/c1-13-3-6-15(11-18(13)28(25,26)21-2)22-19(24)12-23-9-7-17-16(8-10-27-17)20(23)14-4-5-14/h3,6,8,10-11,14,20-21H,4-5,7,9,12H2,1-2H3,(H,22,24)/t20-/m0/s1. The predicted molar refractivity (Wildman–Crippen MR) is 111 cm³/mol. The van der Waals surface area contributed by atoms with Gasteiger partial charge in [-0.2, -0.15) is 0 Å². The fraction of sp³-hybridized carbons (Fsp3) is 0.450. The maximum atomic E-state index is 12.7. The zero-order valence-corrected chi connectivity index (χ0v) is 17.7. The van der Waals surface area contributed by atoms with E-state index in [-0.39, 0.29) is 10.8 Å². The van der Waals surface area contributed by atoms with Crippen molar-refractivity contribution in [3.05, 3.63) is 45.6 Å². The number of carbonyl (C=O) groups is 1. The number of thiophene rings is 1. The van der Waals surface area contributed by atoms with Crippen molar-refractivity contribution in [2.24, 2.45) is 5.92 Å². The number of hydrogen-bond acceptors (Lipinski definition) is 5. The minimum absolute atomic E-state index is 0.110. The van der Waals surface area contributed by atoms with Gasteiger partial charge < -0.3 is 5.32 Å². The number of fused-ring (bicyclic) bond motifs is 1. The van der Waals surface area contributed by atoms with E-state index < -0.39 is 10.0 Å². The molecule has 0 radical (unpaired) electrons. The molecule has 8 heteroatoms. The highest BCUT2D eigenvalue weighted by atomic mass is 32.2. The van der Waals surface area contributed by atoms with E-state index >= 15 is 0 Å². The number of rotatable bonds is 6. The number of nitrogens with zero attached hydrogens (tertiary/aromatic N) is 1. The first-order chi connectivity index (χ1) is 13.4. The Morgan fingerprint density at radius 2 is 2.07 bits per heavy atom. The molecule has 1 aromatic heterocycles. The third kappa shape index (κ3) is 3.87. The molecule has 2 aromatic rings. The lowest BCUT2D eigenvalue weighted by Gasteiger charge is -2.35. The molecule has 2 N–H and O–H groups in total. The molecule has 0 bridgehead atoms. The molecule has 1 saturated carbocycles. The number of benzene rings is 1. The minimum atomic E-state index is -3.56. The maximum absolute atomic E-state index is 12.7. The average Bonchev–Trinajstić information content (AvgIpc) is 3.39. The summed E-state index contributed by atoms with van der Waals surface area (Å²) in [4.78, 5) is 16.6. The first-order valence-electron chi connectivity index (χ1n) is 9.53. The molecular formula is C20H25N3O3S2. The molecule has 1 aliphatic carbocycles. The molecular weight excluding hydrogens is 394 g/mol. The summed E-state index contributed by atoms with van der Waals surface area (Å²) >= 11 is 1.82. The fourth-order valence-electron chi connectivity index (χ4n) is 4.00. The van der Waals surface area contributed by atoms with Crippen LogP contribution in [0.4, 0.5) is 5.69 Å². The maximum Gasteiger partial charge on any atom is 0.240 e. The van der Waals surface area contributed by atoms with Gasteiger partial charge in [-0.15, -0.1) is 11.3 Å². The van der Waals surface area contributed by atoms with Crippen LogP contribution in [0.25, 0.3) is 0 Å². The van der Waals surface area contributed by atoms with Crippen LogP contribution in [0, 0.1) is 12.8 Å². The molecule has 1 atom stereocenters. The lowest BCUT2D eigenvalue weighted by molar-refractivity contribution is -0.118. The molecule has 1 fully saturated rings. The third-order valence-corrected chi connectivity index (χ3v) is 8.12. The first-order valence-corrected chi connectivity index (χ1v) is 11.9. The van der Waals surface area contributed by atoms with Crippen molar-refractivity contribution in [1.82, 2.24) is 9.62 Å². The number of nitrogens with one attached hydrogen (secondary N) is 2. The van der Waals surface area contributed by atoms with Gasteiger partial charge in [0, 0.05) is 23.2 Å². The normalized spacial score (nSPS) is 20.0. The molecule has 0 unspecified atom stereocenters. The average molecular weight is 420 g/mol. The van der Waals surface area contributed by atoms with E-state index in [1.165, 1.54) is 36.4 Å². The van der Waals surface area contributed by atoms with Gasteiger partial charge in [0.1, 0.15) is 0 Å². The number of anilines is 1. The summed E-state index contributed by atoms with van der Waals surface area (Å²) in [5.41, 5.74) is 2.53. The molecule has 1 amide bonds. The Labute approximate surface area is 170 Å². The highest BCUT2D eigenvalue weighted by Gasteiger charge is 2.40. The van der Waals surface area contributed by atoms with E-state index in [9.17, 15) is 13.2 Å². The van der Waals surface area contributed by atoms with Crippen molar-refractivity contribution in [2.45, 2.75) is 37.1 Å². The Morgan fingerprint density at radius 1 is 1.29 bits per heavy atom. The zero-order valence-electron chi connectivity index (χ0n) is 16.1. The number of aryl methyl sites for hydroxylation is 1. The highest BCUT2D eigenvalue weighted by Crippen LogP contribution is 2.48. The lowest BCUT2D eigenvalue weighted by Crippen LogP contribution is -2.41. The van der Waals surface area contributed by atoms with Crippen LogP contribution in [-0.2, 0) is 21.2 Å². The number of carbonyl (C=O) groups excluding carboxylic acids is 1. The topological polar surface area (TPSA) is 78.5 Å². The highest BCUT2D eigenvalue weighted by molar-refractivity contribution is 7.89. The summed E-state index contributed by atoms with van der Waals surface area (Å²) in [7, 11) is -2.18. The smallest absolute Gasteiger partial charge is 0.240 e. The van der Waals surface area contributed by atoms with Crippen molar-refractivity contribution in [3.8, 4) is 0 Å². The van der Waals surface area contributed by atoms with Crippen LogP contribution < -0.4 is 10.0 Å². The molecule has 6 nitrogen and oxygen atoms in total. The van der Waals surface area contributed by atoms with E-state index in [1.807, 2.05) is 11.3 Å². The Kier molecular flexibility index (Phi) is 5.30. The lowest BCUT2D eigenvalue weighted by atomic mass is 9.96. The van der Waals surface area contributed by atoms with Crippen LogP contribution in [0.15, 0.2) is 34.5 Å².